The van der Waals surface area contributed by atoms with Gasteiger partial charge in [-0.15, -0.1) is 0 Å². The molecule has 0 bridgehead atoms. The van der Waals surface area contributed by atoms with Gasteiger partial charge in [0.25, 0.3) is 0 Å². The number of hydrogen-bond acceptors (Lipinski definition) is 3. The van der Waals surface area contributed by atoms with Crippen LogP contribution in [0.15, 0.2) is 48.5 Å². The van der Waals surface area contributed by atoms with Gasteiger partial charge in [-0.25, -0.2) is 0 Å². The Morgan fingerprint density at radius 1 is 1.18 bits per heavy atom. The van der Waals surface area contributed by atoms with Gasteiger partial charge >= 0.3 is 0 Å². The zero-order valence-electron chi connectivity index (χ0n) is 12.6. The first-order valence-corrected chi connectivity index (χ1v) is 7.47. The maximum Gasteiger partial charge on any atom is 0.243 e. The lowest BCUT2D eigenvalue weighted by atomic mass is 10.3. The second-order valence-corrected chi connectivity index (χ2v) is 5.48. The van der Waals surface area contributed by atoms with E-state index in [1.807, 2.05) is 50.2 Å². The molecule has 0 aliphatic heterocycles. The predicted molar refractivity (Wildman–Crippen MR) is 90.8 cm³/mol. The fourth-order valence-electron chi connectivity index (χ4n) is 1.90. The fourth-order valence-corrected chi connectivity index (χ4v) is 2.11. The van der Waals surface area contributed by atoms with Gasteiger partial charge in [0, 0.05) is 11.8 Å². The Balaban J connectivity index is 1.91. The predicted octanol–water partition coefficient (Wildman–Crippen LogP) is 4.18. The summed E-state index contributed by atoms with van der Waals surface area (Å²) in [7, 11) is 0. The summed E-state index contributed by atoms with van der Waals surface area (Å²) in [5.41, 5.74) is 1.43. The van der Waals surface area contributed by atoms with Crippen LogP contribution in [0.5, 0.6) is 5.75 Å². The first-order chi connectivity index (χ1) is 10.5. The molecule has 0 spiro atoms. The van der Waals surface area contributed by atoms with Crippen molar-refractivity contribution >= 4 is 28.9 Å². The van der Waals surface area contributed by atoms with Crippen molar-refractivity contribution in [3.63, 3.8) is 0 Å². The summed E-state index contributed by atoms with van der Waals surface area (Å²) >= 11 is 6.03. The van der Waals surface area contributed by atoms with Gasteiger partial charge in [0.05, 0.1) is 23.4 Å². The van der Waals surface area contributed by atoms with Crippen molar-refractivity contribution in [3.8, 4) is 5.75 Å². The molecule has 0 aliphatic carbocycles. The van der Waals surface area contributed by atoms with E-state index in [0.717, 1.165) is 11.4 Å². The number of amides is 1. The van der Waals surface area contributed by atoms with E-state index in [9.17, 15) is 4.79 Å². The molecule has 5 heteroatoms. The summed E-state index contributed by atoms with van der Waals surface area (Å²) in [5.74, 6) is 0.577. The Morgan fingerprint density at radius 2 is 1.95 bits per heavy atom. The molecule has 0 radical (unpaired) electrons. The molecule has 0 unspecified atom stereocenters. The molecule has 0 fully saturated rings. The van der Waals surface area contributed by atoms with Crippen molar-refractivity contribution < 1.29 is 9.53 Å². The van der Waals surface area contributed by atoms with Crippen LogP contribution < -0.4 is 15.4 Å². The summed E-state index contributed by atoms with van der Waals surface area (Å²) in [6, 6.07) is 14.6. The minimum absolute atomic E-state index is 0.0906. The quantitative estimate of drug-likeness (QED) is 0.840. The molecule has 0 saturated heterocycles. The minimum atomic E-state index is -0.151. The standard InChI is InChI=1S/C17H19ClN2O2/c1-12(2)22-14-7-5-6-13(10-14)20-17(21)11-19-16-9-4-3-8-15(16)18/h3-10,12,19H,11H2,1-2H3,(H,20,21). The van der Waals surface area contributed by atoms with Gasteiger partial charge in [-0.3, -0.25) is 4.79 Å². The summed E-state index contributed by atoms with van der Waals surface area (Å²) < 4.78 is 5.60. The van der Waals surface area contributed by atoms with E-state index < -0.39 is 0 Å². The molecular formula is C17H19ClN2O2. The molecule has 0 atom stereocenters. The van der Waals surface area contributed by atoms with E-state index in [4.69, 9.17) is 16.3 Å². The van der Waals surface area contributed by atoms with Gasteiger partial charge in [0.15, 0.2) is 0 Å². The highest BCUT2D eigenvalue weighted by Gasteiger charge is 2.05. The number of benzene rings is 2. The van der Waals surface area contributed by atoms with Gasteiger partial charge in [-0.1, -0.05) is 29.8 Å². The van der Waals surface area contributed by atoms with Crippen LogP contribution >= 0.6 is 11.6 Å². The number of ether oxygens (including phenoxy) is 1. The third-order valence-electron chi connectivity index (χ3n) is 2.80. The fraction of sp³-hybridized carbons (Fsp3) is 0.235. The van der Waals surface area contributed by atoms with Crippen LogP contribution in [0.4, 0.5) is 11.4 Å². The molecule has 4 nitrogen and oxygen atoms in total. The van der Waals surface area contributed by atoms with E-state index in [2.05, 4.69) is 10.6 Å². The van der Waals surface area contributed by atoms with Crippen molar-refractivity contribution in [1.82, 2.24) is 0 Å². The molecule has 2 N–H and O–H groups in total. The van der Waals surface area contributed by atoms with Crippen molar-refractivity contribution in [2.75, 3.05) is 17.2 Å². The van der Waals surface area contributed by atoms with Crippen LogP contribution in [0, 0.1) is 0 Å². The molecular weight excluding hydrogens is 300 g/mol. The molecule has 0 saturated carbocycles. The molecule has 0 heterocycles. The number of anilines is 2. The lowest BCUT2D eigenvalue weighted by molar-refractivity contribution is -0.114. The van der Waals surface area contributed by atoms with Crippen LogP contribution in [-0.4, -0.2) is 18.6 Å². The number of hydrogen-bond donors (Lipinski definition) is 2. The third kappa shape index (κ3) is 4.97. The first kappa shape index (κ1) is 16.2. The number of halogens is 1. The monoisotopic (exact) mass is 318 g/mol. The van der Waals surface area contributed by atoms with Crippen molar-refractivity contribution in [2.45, 2.75) is 20.0 Å². The molecule has 1 amide bonds. The van der Waals surface area contributed by atoms with Gasteiger partial charge in [-0.2, -0.15) is 0 Å². The molecule has 2 aromatic rings. The highest BCUT2D eigenvalue weighted by molar-refractivity contribution is 6.33. The number of rotatable bonds is 6. The van der Waals surface area contributed by atoms with Crippen LogP contribution in [0.3, 0.4) is 0 Å². The van der Waals surface area contributed by atoms with E-state index in [-0.39, 0.29) is 18.6 Å². The smallest absolute Gasteiger partial charge is 0.243 e. The van der Waals surface area contributed by atoms with Crippen LogP contribution in [0.2, 0.25) is 5.02 Å². The lowest BCUT2D eigenvalue weighted by Gasteiger charge is -2.12. The van der Waals surface area contributed by atoms with Gasteiger partial charge in [-0.05, 0) is 38.1 Å². The molecule has 22 heavy (non-hydrogen) atoms. The van der Waals surface area contributed by atoms with E-state index >= 15 is 0 Å². The SMILES string of the molecule is CC(C)Oc1cccc(NC(=O)CNc2ccccc2Cl)c1. The topological polar surface area (TPSA) is 50.4 Å². The van der Waals surface area contributed by atoms with Crippen LogP contribution in [0.25, 0.3) is 0 Å². The van der Waals surface area contributed by atoms with E-state index in [1.54, 1.807) is 12.1 Å². The number of carbonyl (C=O) groups excluding carboxylic acids is 1. The minimum Gasteiger partial charge on any atom is -0.491 e. The summed E-state index contributed by atoms with van der Waals surface area (Å²) in [6.45, 7) is 4.05. The van der Waals surface area contributed by atoms with Gasteiger partial charge in [0.2, 0.25) is 5.91 Å². The molecule has 2 rings (SSSR count). The van der Waals surface area contributed by atoms with Gasteiger partial charge < -0.3 is 15.4 Å². The Kier molecular flexibility index (Phi) is 5.67. The first-order valence-electron chi connectivity index (χ1n) is 7.09. The summed E-state index contributed by atoms with van der Waals surface area (Å²) in [6.07, 6.45) is 0.0906. The summed E-state index contributed by atoms with van der Waals surface area (Å²) in [4.78, 5) is 12.0. The second kappa shape index (κ2) is 7.71. The number of nitrogens with one attached hydrogen (secondary N) is 2. The lowest BCUT2D eigenvalue weighted by Crippen LogP contribution is -2.21. The third-order valence-corrected chi connectivity index (χ3v) is 3.13. The largest absolute Gasteiger partial charge is 0.491 e. The molecule has 0 aliphatic rings. The molecule has 0 aromatic heterocycles. The highest BCUT2D eigenvalue weighted by atomic mass is 35.5. The zero-order chi connectivity index (χ0) is 15.9. The number of para-hydroxylation sites is 1. The number of carbonyl (C=O) groups is 1. The van der Waals surface area contributed by atoms with Crippen molar-refractivity contribution in [1.29, 1.82) is 0 Å². The average molecular weight is 319 g/mol. The van der Waals surface area contributed by atoms with Crippen LogP contribution in [-0.2, 0) is 4.79 Å². The Bertz CT molecular complexity index is 644. The van der Waals surface area contributed by atoms with Crippen molar-refractivity contribution in [3.05, 3.63) is 53.6 Å². The van der Waals surface area contributed by atoms with Crippen molar-refractivity contribution in [2.24, 2.45) is 0 Å². The summed E-state index contributed by atoms with van der Waals surface area (Å²) in [5, 5.41) is 6.41. The van der Waals surface area contributed by atoms with E-state index in [1.165, 1.54) is 0 Å². The van der Waals surface area contributed by atoms with Gasteiger partial charge in [0.1, 0.15) is 5.75 Å². The second-order valence-electron chi connectivity index (χ2n) is 5.08. The zero-order valence-corrected chi connectivity index (χ0v) is 13.4. The van der Waals surface area contributed by atoms with E-state index in [0.29, 0.717) is 10.7 Å². The maximum absolute atomic E-state index is 12.0. The highest BCUT2D eigenvalue weighted by Crippen LogP contribution is 2.21. The Hall–Kier alpha value is -2.20. The maximum atomic E-state index is 12.0. The molecule has 116 valence electrons. The molecule has 2 aromatic carbocycles. The normalized spacial score (nSPS) is 10.4. The average Bonchev–Trinajstić information content (AvgIpc) is 2.46. The Labute approximate surface area is 135 Å². The Morgan fingerprint density at radius 3 is 2.68 bits per heavy atom. The van der Waals surface area contributed by atoms with Crippen LogP contribution in [0.1, 0.15) is 13.8 Å².